The molecule has 1 aromatic heterocycles. The SMILES string of the molecule is CNc1nc(C(=O)N2CCC3(CCC(=O)N(C4CCN(C)C4)C3)CC2)cs1. The number of anilines is 1. The van der Waals surface area contributed by atoms with Gasteiger partial charge in [-0.15, -0.1) is 11.3 Å². The number of nitrogens with one attached hydrogen (secondary N) is 1. The molecule has 3 aliphatic heterocycles. The Morgan fingerprint density at radius 3 is 2.70 bits per heavy atom. The molecule has 8 heteroatoms. The zero-order chi connectivity index (χ0) is 19.0. The van der Waals surface area contributed by atoms with Crippen molar-refractivity contribution in [3.63, 3.8) is 0 Å². The van der Waals surface area contributed by atoms with E-state index in [0.29, 0.717) is 24.1 Å². The zero-order valence-electron chi connectivity index (χ0n) is 16.2. The summed E-state index contributed by atoms with van der Waals surface area (Å²) in [6.07, 6.45) is 4.67. The molecular formula is C19H29N5O2S. The molecule has 7 nitrogen and oxygen atoms in total. The summed E-state index contributed by atoms with van der Waals surface area (Å²) in [4.78, 5) is 36.0. The minimum atomic E-state index is 0.0313. The van der Waals surface area contributed by atoms with Gasteiger partial charge in [-0.1, -0.05) is 0 Å². The number of carbonyl (C=O) groups is 2. The Kier molecular flexibility index (Phi) is 5.11. The van der Waals surface area contributed by atoms with Crippen molar-refractivity contribution in [2.24, 2.45) is 5.41 Å². The highest BCUT2D eigenvalue weighted by atomic mass is 32.1. The Morgan fingerprint density at radius 2 is 2.07 bits per heavy atom. The first kappa shape index (κ1) is 18.7. The maximum Gasteiger partial charge on any atom is 0.273 e. The number of likely N-dealkylation sites (N-methyl/N-ethyl adjacent to an activating group) is 1. The minimum Gasteiger partial charge on any atom is -0.365 e. The van der Waals surface area contributed by atoms with E-state index in [4.69, 9.17) is 0 Å². The lowest BCUT2D eigenvalue weighted by atomic mass is 9.72. The molecule has 3 aliphatic rings. The van der Waals surface area contributed by atoms with Gasteiger partial charge in [0.2, 0.25) is 5.91 Å². The number of rotatable bonds is 3. The normalized spacial score (nSPS) is 26.0. The molecule has 148 valence electrons. The van der Waals surface area contributed by atoms with Crippen LogP contribution in [0, 0.1) is 5.41 Å². The van der Waals surface area contributed by atoms with Crippen LogP contribution in [0.2, 0.25) is 0 Å². The molecule has 1 aromatic rings. The van der Waals surface area contributed by atoms with Gasteiger partial charge in [0.15, 0.2) is 5.13 Å². The quantitative estimate of drug-likeness (QED) is 0.850. The van der Waals surface area contributed by atoms with Crippen LogP contribution in [0.3, 0.4) is 0 Å². The minimum absolute atomic E-state index is 0.0313. The van der Waals surface area contributed by atoms with Gasteiger partial charge in [0, 0.05) is 51.1 Å². The van der Waals surface area contributed by atoms with Crippen molar-refractivity contribution in [1.29, 1.82) is 0 Å². The topological polar surface area (TPSA) is 68.8 Å². The molecule has 1 spiro atoms. The molecule has 4 heterocycles. The summed E-state index contributed by atoms with van der Waals surface area (Å²) < 4.78 is 0. The van der Waals surface area contributed by atoms with Gasteiger partial charge in [-0.05, 0) is 44.7 Å². The number of carbonyl (C=O) groups excluding carboxylic acids is 2. The van der Waals surface area contributed by atoms with E-state index >= 15 is 0 Å². The van der Waals surface area contributed by atoms with E-state index in [1.165, 1.54) is 11.3 Å². The van der Waals surface area contributed by atoms with Crippen molar-refractivity contribution in [3.8, 4) is 0 Å². The van der Waals surface area contributed by atoms with E-state index in [2.05, 4.69) is 27.1 Å². The van der Waals surface area contributed by atoms with Gasteiger partial charge in [-0.3, -0.25) is 9.59 Å². The number of piperidine rings is 2. The van der Waals surface area contributed by atoms with E-state index < -0.39 is 0 Å². The fraction of sp³-hybridized carbons (Fsp3) is 0.737. The number of amides is 2. The van der Waals surface area contributed by atoms with Crippen LogP contribution in [-0.2, 0) is 4.79 Å². The molecule has 0 saturated carbocycles. The Bertz CT molecular complexity index is 713. The Balaban J connectivity index is 1.38. The molecule has 4 rings (SSSR count). The number of aromatic nitrogens is 1. The van der Waals surface area contributed by atoms with Crippen molar-refractivity contribution < 1.29 is 9.59 Å². The largest absolute Gasteiger partial charge is 0.365 e. The number of hydrogen-bond donors (Lipinski definition) is 1. The monoisotopic (exact) mass is 391 g/mol. The molecular weight excluding hydrogens is 362 g/mol. The third-order valence-corrected chi connectivity index (χ3v) is 7.41. The standard InChI is InChI=1S/C19H29N5O2S/c1-20-18-21-15(12-27-18)17(26)23-9-6-19(7-10-23)5-3-16(25)24(13-19)14-4-8-22(2)11-14/h12,14H,3-11,13H2,1-2H3,(H,20,21). The predicted octanol–water partition coefficient (Wildman–Crippen LogP) is 1.73. The Labute approximate surface area is 164 Å². The van der Waals surface area contributed by atoms with Gasteiger partial charge in [0.1, 0.15) is 5.69 Å². The van der Waals surface area contributed by atoms with Crippen LogP contribution in [0.1, 0.15) is 42.6 Å². The summed E-state index contributed by atoms with van der Waals surface area (Å²) in [5.74, 6) is 0.352. The third-order valence-electron chi connectivity index (χ3n) is 6.55. The molecule has 27 heavy (non-hydrogen) atoms. The van der Waals surface area contributed by atoms with Crippen molar-refractivity contribution in [3.05, 3.63) is 11.1 Å². The van der Waals surface area contributed by atoms with Crippen LogP contribution in [0.25, 0.3) is 0 Å². The van der Waals surface area contributed by atoms with Gasteiger partial charge < -0.3 is 20.0 Å². The van der Waals surface area contributed by atoms with Crippen molar-refractivity contribution in [2.75, 3.05) is 52.1 Å². The van der Waals surface area contributed by atoms with Crippen LogP contribution < -0.4 is 5.32 Å². The lowest BCUT2D eigenvalue weighted by Crippen LogP contribution is -2.55. The van der Waals surface area contributed by atoms with E-state index in [9.17, 15) is 9.59 Å². The summed E-state index contributed by atoms with van der Waals surface area (Å²) in [6, 6.07) is 0.370. The average Bonchev–Trinajstić information content (AvgIpc) is 3.33. The van der Waals surface area contributed by atoms with E-state index in [-0.39, 0.29) is 11.3 Å². The molecule has 0 aromatic carbocycles. The molecule has 3 saturated heterocycles. The highest BCUT2D eigenvalue weighted by Crippen LogP contribution is 2.41. The number of hydrogen-bond acceptors (Lipinski definition) is 6. The van der Waals surface area contributed by atoms with Crippen molar-refractivity contribution in [2.45, 2.75) is 38.1 Å². The highest BCUT2D eigenvalue weighted by Gasteiger charge is 2.44. The van der Waals surface area contributed by atoms with Crippen LogP contribution in [-0.4, -0.2) is 84.4 Å². The predicted molar refractivity (Wildman–Crippen MR) is 106 cm³/mol. The molecule has 0 aliphatic carbocycles. The summed E-state index contributed by atoms with van der Waals surface area (Å²) in [6.45, 7) is 4.46. The van der Waals surface area contributed by atoms with Crippen LogP contribution in [0.4, 0.5) is 5.13 Å². The molecule has 2 amide bonds. The third kappa shape index (κ3) is 3.69. The van der Waals surface area contributed by atoms with Gasteiger partial charge in [0.25, 0.3) is 5.91 Å². The fourth-order valence-corrected chi connectivity index (χ4v) is 5.43. The molecule has 1 atom stereocenters. The highest BCUT2D eigenvalue weighted by molar-refractivity contribution is 7.13. The second-order valence-electron chi connectivity index (χ2n) is 8.31. The Hall–Kier alpha value is -1.67. The fourth-order valence-electron chi connectivity index (χ4n) is 4.78. The van der Waals surface area contributed by atoms with Crippen molar-refractivity contribution >= 4 is 28.3 Å². The molecule has 1 N–H and O–H groups in total. The first-order valence-electron chi connectivity index (χ1n) is 9.90. The summed E-state index contributed by atoms with van der Waals surface area (Å²) >= 11 is 1.46. The number of likely N-dealkylation sites (tertiary alicyclic amines) is 3. The number of thiazole rings is 1. The lowest BCUT2D eigenvalue weighted by Gasteiger charge is -2.48. The zero-order valence-corrected chi connectivity index (χ0v) is 17.1. The van der Waals surface area contributed by atoms with Gasteiger partial charge in [-0.2, -0.15) is 0 Å². The second-order valence-corrected chi connectivity index (χ2v) is 9.16. The summed E-state index contributed by atoms with van der Waals surface area (Å²) in [5.41, 5.74) is 0.721. The molecule has 0 radical (unpaired) electrons. The Morgan fingerprint density at radius 1 is 1.30 bits per heavy atom. The van der Waals surface area contributed by atoms with E-state index in [1.807, 2.05) is 17.3 Å². The molecule has 1 unspecified atom stereocenters. The van der Waals surface area contributed by atoms with Gasteiger partial charge in [-0.25, -0.2) is 4.98 Å². The van der Waals surface area contributed by atoms with Crippen molar-refractivity contribution in [1.82, 2.24) is 19.7 Å². The summed E-state index contributed by atoms with van der Waals surface area (Å²) in [7, 11) is 3.95. The van der Waals surface area contributed by atoms with Gasteiger partial charge in [0.05, 0.1) is 0 Å². The number of nitrogens with zero attached hydrogens (tertiary/aromatic N) is 4. The van der Waals surface area contributed by atoms with E-state index in [0.717, 1.165) is 63.5 Å². The first-order valence-corrected chi connectivity index (χ1v) is 10.8. The maximum atomic E-state index is 12.7. The lowest BCUT2D eigenvalue weighted by molar-refractivity contribution is -0.141. The summed E-state index contributed by atoms with van der Waals surface area (Å²) in [5, 5.41) is 5.59. The van der Waals surface area contributed by atoms with Gasteiger partial charge >= 0.3 is 0 Å². The van der Waals surface area contributed by atoms with E-state index in [1.54, 1.807) is 0 Å². The average molecular weight is 392 g/mol. The molecule has 3 fully saturated rings. The van der Waals surface area contributed by atoms with Crippen LogP contribution >= 0.6 is 11.3 Å². The molecule has 0 bridgehead atoms. The maximum absolute atomic E-state index is 12.7. The van der Waals surface area contributed by atoms with Crippen LogP contribution in [0.15, 0.2) is 5.38 Å². The first-order chi connectivity index (χ1) is 13.0. The van der Waals surface area contributed by atoms with Crippen LogP contribution in [0.5, 0.6) is 0 Å². The smallest absolute Gasteiger partial charge is 0.273 e. The second kappa shape index (κ2) is 7.39.